The number of methoxy groups -OCH3 is 2. The lowest BCUT2D eigenvalue weighted by Crippen LogP contribution is -2.38. The molecule has 0 amide bonds. The van der Waals surface area contributed by atoms with Crippen LogP contribution in [-0.4, -0.2) is 54.2 Å². The van der Waals surface area contributed by atoms with Crippen molar-refractivity contribution in [2.45, 2.75) is 13.0 Å². The third kappa shape index (κ3) is 3.26. The molecular weight excluding hydrogens is 354 g/mol. The van der Waals surface area contributed by atoms with Gasteiger partial charge in [0.2, 0.25) is 0 Å². The van der Waals surface area contributed by atoms with Crippen LogP contribution in [0.1, 0.15) is 18.9 Å². The van der Waals surface area contributed by atoms with E-state index in [9.17, 15) is 14.7 Å². The van der Waals surface area contributed by atoms with Gasteiger partial charge in [-0.3, -0.25) is 0 Å². The lowest BCUT2D eigenvalue weighted by atomic mass is 10.1. The molecule has 144 valence electrons. The number of fused-ring (bicyclic) bond motifs is 1. The van der Waals surface area contributed by atoms with Crippen LogP contribution < -0.4 is 4.90 Å². The third-order valence-electron chi connectivity index (χ3n) is 4.42. The Morgan fingerprint density at radius 3 is 2.59 bits per heavy atom. The summed E-state index contributed by atoms with van der Waals surface area (Å²) in [5.41, 5.74) is 2.21. The molecule has 1 atom stereocenters. The number of aliphatic hydroxyl groups excluding tert-OH is 1. The summed E-state index contributed by atoms with van der Waals surface area (Å²) < 4.78 is 16.9. The van der Waals surface area contributed by atoms with Crippen LogP contribution in [0, 0.1) is 0 Å². The van der Waals surface area contributed by atoms with Gasteiger partial charge in [0.15, 0.2) is 0 Å². The first-order valence-corrected chi connectivity index (χ1v) is 8.28. The van der Waals surface area contributed by atoms with Gasteiger partial charge in [0.05, 0.1) is 37.4 Å². The molecule has 1 unspecified atom stereocenters. The molecule has 0 bridgehead atoms. The molecule has 9 nitrogen and oxygen atoms in total. The van der Waals surface area contributed by atoms with Crippen LogP contribution in [-0.2, 0) is 30.8 Å². The zero-order valence-corrected chi connectivity index (χ0v) is 15.6. The molecule has 1 aliphatic heterocycles. The maximum Gasteiger partial charge on any atom is 0.355 e. The quantitative estimate of drug-likeness (QED) is 0.790. The van der Waals surface area contributed by atoms with Crippen molar-refractivity contribution in [3.8, 4) is 0 Å². The Bertz CT molecular complexity index is 931. The molecule has 2 heterocycles. The maximum atomic E-state index is 12.4. The number of aromatic nitrogens is 2. The first-order valence-electron chi connectivity index (χ1n) is 8.28. The van der Waals surface area contributed by atoms with E-state index in [1.807, 2.05) is 13.1 Å². The predicted octanol–water partition coefficient (Wildman–Crippen LogP) is 1.02. The van der Waals surface area contributed by atoms with E-state index in [1.54, 1.807) is 23.6 Å². The van der Waals surface area contributed by atoms with Crippen molar-refractivity contribution < 1.29 is 28.9 Å². The van der Waals surface area contributed by atoms with Gasteiger partial charge in [0.1, 0.15) is 24.4 Å². The standard InChI is InChI=1S/C18H21N3O6/c1-10(22)16-19-13-7-11(5-6-14(13)20(16)2)21-9-27-8-12(17(23)25-3)15(21)18(24)26-4/h5-7,10,22H,8-9H2,1-4H3. The fourth-order valence-corrected chi connectivity index (χ4v) is 3.10. The van der Waals surface area contributed by atoms with Crippen LogP contribution >= 0.6 is 0 Å². The SMILES string of the molecule is COC(=O)C1=C(C(=O)OC)N(c2ccc3c(c2)nc(C(C)O)n3C)COC1. The number of ether oxygens (including phenoxy) is 3. The molecule has 0 radical (unpaired) electrons. The lowest BCUT2D eigenvalue weighted by molar-refractivity contribution is -0.140. The fraction of sp³-hybridized carbons (Fsp3) is 0.389. The maximum absolute atomic E-state index is 12.4. The van der Waals surface area contributed by atoms with E-state index < -0.39 is 18.0 Å². The molecule has 27 heavy (non-hydrogen) atoms. The Kier molecular flexibility index (Phi) is 5.15. The molecule has 1 aromatic carbocycles. The number of hydrogen-bond acceptors (Lipinski definition) is 8. The van der Waals surface area contributed by atoms with Gasteiger partial charge < -0.3 is 28.8 Å². The van der Waals surface area contributed by atoms with Crippen LogP contribution in [0.3, 0.4) is 0 Å². The van der Waals surface area contributed by atoms with Gasteiger partial charge in [-0.1, -0.05) is 0 Å². The molecule has 1 N–H and O–H groups in total. The van der Waals surface area contributed by atoms with Gasteiger partial charge in [-0.15, -0.1) is 0 Å². The molecule has 0 spiro atoms. The Labute approximate surface area is 155 Å². The van der Waals surface area contributed by atoms with Gasteiger partial charge in [-0.05, 0) is 25.1 Å². The summed E-state index contributed by atoms with van der Waals surface area (Å²) in [4.78, 5) is 30.4. The first-order chi connectivity index (χ1) is 12.9. The van der Waals surface area contributed by atoms with Gasteiger partial charge >= 0.3 is 11.9 Å². The van der Waals surface area contributed by atoms with E-state index in [4.69, 9.17) is 14.2 Å². The summed E-state index contributed by atoms with van der Waals surface area (Å²) in [5.74, 6) is -0.795. The second-order valence-corrected chi connectivity index (χ2v) is 6.09. The van der Waals surface area contributed by atoms with E-state index in [1.165, 1.54) is 19.1 Å². The number of benzene rings is 1. The summed E-state index contributed by atoms with van der Waals surface area (Å²) in [6.45, 7) is 1.65. The minimum Gasteiger partial charge on any atom is -0.466 e. The van der Waals surface area contributed by atoms with E-state index >= 15 is 0 Å². The van der Waals surface area contributed by atoms with Crippen LogP contribution in [0.4, 0.5) is 5.69 Å². The van der Waals surface area contributed by atoms with Crippen molar-refractivity contribution in [2.75, 3.05) is 32.5 Å². The number of carbonyl (C=O) groups is 2. The Morgan fingerprint density at radius 2 is 1.96 bits per heavy atom. The first kappa shape index (κ1) is 18.9. The minimum atomic E-state index is -0.722. The molecule has 1 aliphatic rings. The van der Waals surface area contributed by atoms with Crippen molar-refractivity contribution in [3.63, 3.8) is 0 Å². The van der Waals surface area contributed by atoms with Crippen molar-refractivity contribution in [1.82, 2.24) is 9.55 Å². The Balaban J connectivity index is 2.13. The summed E-state index contributed by atoms with van der Waals surface area (Å²) in [6.07, 6.45) is -0.722. The zero-order chi connectivity index (χ0) is 19.7. The number of imidazole rings is 1. The van der Waals surface area contributed by atoms with Crippen molar-refractivity contribution in [2.24, 2.45) is 7.05 Å². The Hall–Kier alpha value is -2.91. The van der Waals surface area contributed by atoms with E-state index in [-0.39, 0.29) is 24.6 Å². The van der Waals surface area contributed by atoms with Gasteiger partial charge in [0, 0.05) is 12.7 Å². The molecule has 2 aromatic rings. The average Bonchev–Trinajstić information content (AvgIpc) is 3.02. The topological polar surface area (TPSA) is 103 Å². The van der Waals surface area contributed by atoms with E-state index in [2.05, 4.69) is 4.98 Å². The molecule has 0 aliphatic carbocycles. The zero-order valence-electron chi connectivity index (χ0n) is 15.6. The van der Waals surface area contributed by atoms with Gasteiger partial charge in [-0.2, -0.15) is 0 Å². The third-order valence-corrected chi connectivity index (χ3v) is 4.42. The van der Waals surface area contributed by atoms with Gasteiger partial charge in [-0.25, -0.2) is 14.6 Å². The highest BCUT2D eigenvalue weighted by atomic mass is 16.5. The molecule has 0 saturated carbocycles. The monoisotopic (exact) mass is 375 g/mol. The minimum absolute atomic E-state index is 0.0500. The second kappa shape index (κ2) is 7.37. The van der Waals surface area contributed by atoms with E-state index in [0.717, 1.165) is 5.52 Å². The summed E-state index contributed by atoms with van der Waals surface area (Å²) in [6, 6.07) is 5.36. The summed E-state index contributed by atoms with van der Waals surface area (Å²) in [5, 5.41) is 9.86. The number of aliphatic hydroxyl groups is 1. The number of aryl methyl sites for hydroxylation is 1. The van der Waals surface area contributed by atoms with Crippen molar-refractivity contribution >= 4 is 28.7 Å². The summed E-state index contributed by atoms with van der Waals surface area (Å²) >= 11 is 0. The van der Waals surface area contributed by atoms with Crippen molar-refractivity contribution in [3.05, 3.63) is 35.3 Å². The fourth-order valence-electron chi connectivity index (χ4n) is 3.10. The lowest BCUT2D eigenvalue weighted by Gasteiger charge is -2.31. The van der Waals surface area contributed by atoms with Gasteiger partial charge in [0.25, 0.3) is 0 Å². The molecule has 0 saturated heterocycles. The number of rotatable bonds is 4. The van der Waals surface area contributed by atoms with Crippen LogP contribution in [0.15, 0.2) is 29.5 Å². The summed E-state index contributed by atoms with van der Waals surface area (Å²) in [7, 11) is 4.30. The molecule has 9 heteroatoms. The second-order valence-electron chi connectivity index (χ2n) is 6.09. The number of esters is 2. The van der Waals surface area contributed by atoms with Crippen LogP contribution in [0.25, 0.3) is 11.0 Å². The Morgan fingerprint density at radius 1 is 1.26 bits per heavy atom. The number of anilines is 1. The highest BCUT2D eigenvalue weighted by Crippen LogP contribution is 2.30. The smallest absolute Gasteiger partial charge is 0.355 e. The molecular formula is C18H21N3O6. The predicted molar refractivity (Wildman–Crippen MR) is 95.7 cm³/mol. The molecule has 3 rings (SSSR count). The van der Waals surface area contributed by atoms with Crippen LogP contribution in [0.2, 0.25) is 0 Å². The highest BCUT2D eigenvalue weighted by molar-refractivity contribution is 6.03. The highest BCUT2D eigenvalue weighted by Gasteiger charge is 2.32. The normalized spacial score (nSPS) is 15.8. The number of carbonyl (C=O) groups excluding carboxylic acids is 2. The number of nitrogens with zero attached hydrogens (tertiary/aromatic N) is 3. The largest absolute Gasteiger partial charge is 0.466 e. The molecule has 0 fully saturated rings. The molecule has 1 aromatic heterocycles. The van der Waals surface area contributed by atoms with Crippen molar-refractivity contribution in [1.29, 1.82) is 0 Å². The van der Waals surface area contributed by atoms with Crippen LogP contribution in [0.5, 0.6) is 0 Å². The average molecular weight is 375 g/mol. The van der Waals surface area contributed by atoms with E-state index in [0.29, 0.717) is 17.0 Å². The number of hydrogen-bond donors (Lipinski definition) is 1.